The van der Waals surface area contributed by atoms with E-state index in [-0.39, 0.29) is 22.6 Å². The van der Waals surface area contributed by atoms with Crippen LogP contribution in [0.25, 0.3) is 22.6 Å². The first-order valence-corrected chi connectivity index (χ1v) is 5.64. The van der Waals surface area contributed by atoms with E-state index >= 15 is 0 Å². The molecular weight excluding hydrogens is 268 g/mol. The summed E-state index contributed by atoms with van der Waals surface area (Å²) in [7, 11) is 0. The van der Waals surface area contributed by atoms with E-state index in [1.165, 1.54) is 30.3 Å². The van der Waals surface area contributed by atoms with Crippen LogP contribution in [0, 0.1) is 11.6 Å². The highest BCUT2D eigenvalue weighted by Crippen LogP contribution is 2.27. The van der Waals surface area contributed by atoms with Gasteiger partial charge in [0.25, 0.3) is 0 Å². The first-order valence-electron chi connectivity index (χ1n) is 5.64. The Kier molecular flexibility index (Phi) is 2.71. The zero-order chi connectivity index (χ0) is 14.3. The van der Waals surface area contributed by atoms with Crippen LogP contribution in [-0.2, 0) is 0 Å². The van der Waals surface area contributed by atoms with Gasteiger partial charge in [0.05, 0.1) is 11.1 Å². The van der Waals surface area contributed by atoms with Crippen molar-refractivity contribution in [3.63, 3.8) is 0 Å². The number of hydrogen-bond donors (Lipinski definition) is 1. The van der Waals surface area contributed by atoms with Crippen LogP contribution in [0.1, 0.15) is 10.4 Å². The summed E-state index contributed by atoms with van der Waals surface area (Å²) < 4.78 is 32.1. The van der Waals surface area contributed by atoms with Crippen LogP contribution in [0.4, 0.5) is 8.78 Å². The lowest BCUT2D eigenvalue weighted by Crippen LogP contribution is -1.94. The van der Waals surface area contributed by atoms with E-state index in [0.717, 1.165) is 6.07 Å². The van der Waals surface area contributed by atoms with E-state index in [0.29, 0.717) is 5.52 Å². The van der Waals surface area contributed by atoms with Gasteiger partial charge in [0, 0.05) is 0 Å². The average molecular weight is 275 g/mol. The fraction of sp³-hybridized carbons (Fsp3) is 0. The maximum atomic E-state index is 13.7. The van der Waals surface area contributed by atoms with Crippen molar-refractivity contribution in [2.24, 2.45) is 0 Å². The summed E-state index contributed by atoms with van der Waals surface area (Å²) in [5.74, 6) is -3.27. The maximum absolute atomic E-state index is 13.7. The number of aromatic carboxylic acids is 1. The van der Waals surface area contributed by atoms with Crippen molar-refractivity contribution in [3.8, 4) is 11.5 Å². The summed E-state index contributed by atoms with van der Waals surface area (Å²) in [4.78, 5) is 14.9. The van der Waals surface area contributed by atoms with Gasteiger partial charge < -0.3 is 9.52 Å². The van der Waals surface area contributed by atoms with Crippen molar-refractivity contribution in [1.82, 2.24) is 4.98 Å². The Hall–Kier alpha value is -2.76. The molecule has 0 saturated carbocycles. The van der Waals surface area contributed by atoms with E-state index < -0.39 is 17.6 Å². The lowest BCUT2D eigenvalue weighted by molar-refractivity contribution is 0.0697. The maximum Gasteiger partial charge on any atom is 0.335 e. The molecule has 0 saturated heterocycles. The molecule has 100 valence electrons. The Labute approximate surface area is 111 Å². The normalized spacial score (nSPS) is 10.9. The molecule has 4 nitrogen and oxygen atoms in total. The molecule has 0 amide bonds. The minimum Gasteiger partial charge on any atom is -0.478 e. The molecule has 0 radical (unpaired) electrons. The summed E-state index contributed by atoms with van der Waals surface area (Å²) in [6, 6.07) is 7.75. The van der Waals surface area contributed by atoms with Crippen molar-refractivity contribution in [2.75, 3.05) is 0 Å². The van der Waals surface area contributed by atoms with Gasteiger partial charge in [-0.15, -0.1) is 0 Å². The largest absolute Gasteiger partial charge is 0.478 e. The summed E-state index contributed by atoms with van der Waals surface area (Å²) in [5, 5.41) is 8.88. The summed E-state index contributed by atoms with van der Waals surface area (Å²) >= 11 is 0. The Morgan fingerprint density at radius 3 is 2.75 bits per heavy atom. The molecule has 20 heavy (non-hydrogen) atoms. The van der Waals surface area contributed by atoms with Gasteiger partial charge in [0.1, 0.15) is 5.52 Å². The number of fused-ring (bicyclic) bond motifs is 1. The van der Waals surface area contributed by atoms with E-state index in [2.05, 4.69) is 4.98 Å². The molecule has 2 aromatic carbocycles. The third-order valence-corrected chi connectivity index (χ3v) is 2.82. The highest BCUT2D eigenvalue weighted by molar-refractivity contribution is 5.92. The second-order valence-corrected chi connectivity index (χ2v) is 4.11. The van der Waals surface area contributed by atoms with E-state index in [1.54, 1.807) is 0 Å². The summed E-state index contributed by atoms with van der Waals surface area (Å²) in [5.41, 5.74) is 0.482. The molecule has 1 N–H and O–H groups in total. The predicted molar refractivity (Wildman–Crippen MR) is 66.3 cm³/mol. The highest BCUT2D eigenvalue weighted by Gasteiger charge is 2.16. The first kappa shape index (κ1) is 12.3. The molecule has 0 aliphatic heterocycles. The number of aromatic nitrogens is 1. The van der Waals surface area contributed by atoms with E-state index in [4.69, 9.17) is 9.52 Å². The summed E-state index contributed by atoms with van der Waals surface area (Å²) in [6.45, 7) is 0. The fourth-order valence-corrected chi connectivity index (χ4v) is 1.84. The number of oxazole rings is 1. The Bertz CT molecular complexity index is 826. The lowest BCUT2D eigenvalue weighted by atomic mass is 10.2. The van der Waals surface area contributed by atoms with Crippen molar-refractivity contribution >= 4 is 17.1 Å². The number of carboxylic acid groups (broad SMARTS) is 1. The van der Waals surface area contributed by atoms with Gasteiger partial charge >= 0.3 is 5.97 Å². The van der Waals surface area contributed by atoms with Crippen molar-refractivity contribution in [2.45, 2.75) is 0 Å². The molecule has 0 spiro atoms. The third kappa shape index (κ3) is 1.91. The molecule has 3 aromatic rings. The van der Waals surface area contributed by atoms with Gasteiger partial charge in [0.2, 0.25) is 5.89 Å². The lowest BCUT2D eigenvalue weighted by Gasteiger charge is -1.97. The van der Waals surface area contributed by atoms with Crippen molar-refractivity contribution in [3.05, 3.63) is 53.6 Å². The third-order valence-electron chi connectivity index (χ3n) is 2.82. The van der Waals surface area contributed by atoms with Gasteiger partial charge in [0.15, 0.2) is 17.2 Å². The van der Waals surface area contributed by atoms with Crippen molar-refractivity contribution in [1.29, 1.82) is 0 Å². The molecule has 0 aliphatic rings. The molecule has 0 fully saturated rings. The molecule has 1 aromatic heterocycles. The minimum absolute atomic E-state index is 0.0277. The zero-order valence-corrected chi connectivity index (χ0v) is 9.93. The second kappa shape index (κ2) is 4.41. The standard InChI is InChI=1S/C14H7F2NO3/c15-9-3-1-2-8(12(9)16)13-17-10-5-4-7(14(18)19)6-11(10)20-13/h1-6H,(H,18,19). The van der Waals surface area contributed by atoms with Gasteiger partial charge in [-0.25, -0.2) is 18.6 Å². The van der Waals surface area contributed by atoms with Crippen LogP contribution < -0.4 is 0 Å². The van der Waals surface area contributed by atoms with Crippen LogP contribution in [0.15, 0.2) is 40.8 Å². The summed E-state index contributed by atoms with van der Waals surface area (Å²) in [6.07, 6.45) is 0. The molecule has 0 unspecified atom stereocenters. The molecule has 6 heteroatoms. The van der Waals surface area contributed by atoms with Crippen LogP contribution in [0.5, 0.6) is 0 Å². The minimum atomic E-state index is -1.11. The van der Waals surface area contributed by atoms with E-state index in [1.807, 2.05) is 0 Å². The first-order chi connectivity index (χ1) is 9.56. The van der Waals surface area contributed by atoms with Crippen LogP contribution in [0.3, 0.4) is 0 Å². The molecule has 0 atom stereocenters. The average Bonchev–Trinajstić information content (AvgIpc) is 2.84. The number of nitrogens with zero attached hydrogens (tertiary/aromatic N) is 1. The highest BCUT2D eigenvalue weighted by atomic mass is 19.2. The number of carbonyl (C=O) groups is 1. The second-order valence-electron chi connectivity index (χ2n) is 4.11. The number of benzene rings is 2. The zero-order valence-electron chi connectivity index (χ0n) is 9.93. The molecule has 1 heterocycles. The monoisotopic (exact) mass is 275 g/mol. The molecule has 0 aliphatic carbocycles. The molecule has 3 rings (SSSR count). The quantitative estimate of drug-likeness (QED) is 0.777. The van der Waals surface area contributed by atoms with E-state index in [9.17, 15) is 13.6 Å². The molecule has 0 bridgehead atoms. The fourth-order valence-electron chi connectivity index (χ4n) is 1.84. The van der Waals surface area contributed by atoms with Crippen LogP contribution in [0.2, 0.25) is 0 Å². The Balaban J connectivity index is 2.18. The number of hydrogen-bond acceptors (Lipinski definition) is 3. The number of halogens is 2. The topological polar surface area (TPSA) is 63.3 Å². The van der Waals surface area contributed by atoms with Gasteiger partial charge in [-0.2, -0.15) is 0 Å². The van der Waals surface area contributed by atoms with Gasteiger partial charge in [-0.05, 0) is 30.3 Å². The van der Waals surface area contributed by atoms with Crippen LogP contribution in [-0.4, -0.2) is 16.1 Å². The molecular formula is C14H7F2NO3. The van der Waals surface area contributed by atoms with Crippen molar-refractivity contribution < 1.29 is 23.1 Å². The smallest absolute Gasteiger partial charge is 0.335 e. The van der Waals surface area contributed by atoms with Gasteiger partial charge in [-0.3, -0.25) is 0 Å². The number of carboxylic acids is 1. The Morgan fingerprint density at radius 2 is 2.00 bits per heavy atom. The predicted octanol–water partition coefficient (Wildman–Crippen LogP) is 3.47. The van der Waals surface area contributed by atoms with Gasteiger partial charge in [-0.1, -0.05) is 6.07 Å². The SMILES string of the molecule is O=C(O)c1ccc2nc(-c3cccc(F)c3F)oc2c1. The Morgan fingerprint density at radius 1 is 1.20 bits per heavy atom. The van der Waals surface area contributed by atoms with Crippen LogP contribution >= 0.6 is 0 Å². The number of rotatable bonds is 2.